The van der Waals surface area contributed by atoms with Gasteiger partial charge >= 0.3 is 0 Å². The van der Waals surface area contributed by atoms with Gasteiger partial charge in [-0.3, -0.25) is 9.78 Å². The minimum atomic E-state index is -0.244. The molecule has 2 rings (SSSR count). The molecule has 0 spiro atoms. The molecule has 0 aliphatic rings. The van der Waals surface area contributed by atoms with E-state index in [4.69, 9.17) is 16.3 Å². The highest BCUT2D eigenvalue weighted by molar-refractivity contribution is 6.31. The van der Waals surface area contributed by atoms with Gasteiger partial charge in [-0.1, -0.05) is 11.6 Å². The van der Waals surface area contributed by atoms with E-state index in [1.807, 2.05) is 0 Å². The number of hydrogen-bond acceptors (Lipinski definition) is 4. The number of carbonyl (C=O) groups is 1. The Morgan fingerprint density at radius 3 is 2.82 bits per heavy atom. The largest absolute Gasteiger partial charge is 0.496 e. The van der Waals surface area contributed by atoms with Gasteiger partial charge in [0.2, 0.25) is 5.78 Å². The third-order valence-corrected chi connectivity index (χ3v) is 2.44. The maximum atomic E-state index is 12.1. The molecule has 86 valence electrons. The summed E-state index contributed by atoms with van der Waals surface area (Å²) in [6, 6.07) is 4.83. The van der Waals surface area contributed by atoms with Crippen molar-refractivity contribution in [1.82, 2.24) is 9.97 Å². The van der Waals surface area contributed by atoms with Gasteiger partial charge in [-0.25, -0.2) is 4.98 Å². The van der Waals surface area contributed by atoms with Crippen molar-refractivity contribution in [3.63, 3.8) is 0 Å². The first-order valence-electron chi connectivity index (χ1n) is 4.86. The predicted octanol–water partition coefficient (Wildman–Crippen LogP) is 2.37. The first-order valence-corrected chi connectivity index (χ1v) is 5.24. The fourth-order valence-electron chi connectivity index (χ4n) is 1.41. The summed E-state index contributed by atoms with van der Waals surface area (Å²) in [6.45, 7) is 0. The molecular weight excluding hydrogens is 240 g/mol. The summed E-state index contributed by atoms with van der Waals surface area (Å²) in [5.74, 6) is 0.180. The van der Waals surface area contributed by atoms with E-state index in [9.17, 15) is 4.79 Å². The summed E-state index contributed by atoms with van der Waals surface area (Å²) < 4.78 is 5.12. The molecule has 4 nitrogen and oxygen atoms in total. The molecule has 17 heavy (non-hydrogen) atoms. The van der Waals surface area contributed by atoms with Crippen molar-refractivity contribution in [2.45, 2.75) is 0 Å². The highest BCUT2D eigenvalue weighted by atomic mass is 35.5. The highest BCUT2D eigenvalue weighted by Crippen LogP contribution is 2.24. The van der Waals surface area contributed by atoms with Crippen LogP contribution in [0.2, 0.25) is 5.02 Å². The lowest BCUT2D eigenvalue weighted by Crippen LogP contribution is -2.06. The van der Waals surface area contributed by atoms with E-state index in [2.05, 4.69) is 9.97 Å². The first kappa shape index (κ1) is 11.5. The number of ketones is 1. The maximum Gasteiger partial charge on any atom is 0.216 e. The standard InChI is InChI=1S/C12H9ClN2O2/c1-17-11-6-8(13)2-3-9(11)12(16)10-7-14-4-5-15-10/h2-7H,1H3. The molecule has 0 fully saturated rings. The van der Waals surface area contributed by atoms with Gasteiger partial charge in [0.15, 0.2) is 0 Å². The van der Waals surface area contributed by atoms with E-state index in [1.165, 1.54) is 25.7 Å². The number of benzene rings is 1. The Morgan fingerprint density at radius 2 is 2.18 bits per heavy atom. The summed E-state index contributed by atoms with van der Waals surface area (Å²) in [5.41, 5.74) is 0.686. The van der Waals surface area contributed by atoms with Gasteiger partial charge in [0, 0.05) is 17.4 Å². The van der Waals surface area contributed by atoms with E-state index in [-0.39, 0.29) is 11.5 Å². The van der Waals surface area contributed by atoms with Crippen molar-refractivity contribution in [2.24, 2.45) is 0 Å². The van der Waals surface area contributed by atoms with Crippen molar-refractivity contribution >= 4 is 17.4 Å². The summed E-state index contributed by atoms with van der Waals surface area (Å²) in [7, 11) is 1.49. The molecule has 0 saturated carbocycles. The van der Waals surface area contributed by atoms with Crippen LogP contribution in [0.15, 0.2) is 36.8 Å². The lowest BCUT2D eigenvalue weighted by atomic mass is 10.1. The molecule has 0 amide bonds. The molecule has 0 aliphatic carbocycles. The number of carbonyl (C=O) groups excluding carboxylic acids is 1. The topological polar surface area (TPSA) is 52.1 Å². The lowest BCUT2D eigenvalue weighted by Gasteiger charge is -2.07. The summed E-state index contributed by atoms with van der Waals surface area (Å²) in [6.07, 6.45) is 4.39. The molecule has 1 aromatic heterocycles. The van der Waals surface area contributed by atoms with Gasteiger partial charge in [0.25, 0.3) is 0 Å². The fraction of sp³-hybridized carbons (Fsp3) is 0.0833. The average Bonchev–Trinajstić information content (AvgIpc) is 2.39. The Hall–Kier alpha value is -1.94. The Morgan fingerprint density at radius 1 is 1.35 bits per heavy atom. The van der Waals surface area contributed by atoms with Crippen molar-refractivity contribution in [3.05, 3.63) is 53.1 Å². The van der Waals surface area contributed by atoms with E-state index in [1.54, 1.807) is 18.2 Å². The molecule has 2 aromatic rings. The molecule has 5 heteroatoms. The summed E-state index contributed by atoms with van der Waals surface area (Å²) in [4.78, 5) is 19.9. The predicted molar refractivity (Wildman–Crippen MR) is 63.5 cm³/mol. The zero-order valence-corrected chi connectivity index (χ0v) is 9.81. The van der Waals surface area contributed by atoms with Crippen LogP contribution >= 0.6 is 11.6 Å². The van der Waals surface area contributed by atoms with E-state index in [0.29, 0.717) is 16.3 Å². The lowest BCUT2D eigenvalue weighted by molar-refractivity contribution is 0.103. The van der Waals surface area contributed by atoms with Gasteiger partial charge in [0.1, 0.15) is 11.4 Å². The van der Waals surface area contributed by atoms with Crippen LogP contribution in [0.3, 0.4) is 0 Å². The average molecular weight is 249 g/mol. The van der Waals surface area contributed by atoms with E-state index < -0.39 is 0 Å². The molecular formula is C12H9ClN2O2. The number of methoxy groups -OCH3 is 1. The number of rotatable bonds is 3. The van der Waals surface area contributed by atoms with Gasteiger partial charge in [-0.2, -0.15) is 0 Å². The van der Waals surface area contributed by atoms with Crippen LogP contribution in [0.1, 0.15) is 16.1 Å². The molecule has 0 atom stereocenters. The van der Waals surface area contributed by atoms with Crippen molar-refractivity contribution in [3.8, 4) is 5.75 Å². The van der Waals surface area contributed by atoms with Crippen LogP contribution < -0.4 is 4.74 Å². The van der Waals surface area contributed by atoms with Crippen LogP contribution in [0.4, 0.5) is 0 Å². The van der Waals surface area contributed by atoms with E-state index in [0.717, 1.165) is 0 Å². The molecule has 1 aromatic carbocycles. The van der Waals surface area contributed by atoms with Crippen LogP contribution in [0.25, 0.3) is 0 Å². The molecule has 0 bridgehead atoms. The van der Waals surface area contributed by atoms with Gasteiger partial charge in [-0.05, 0) is 18.2 Å². The highest BCUT2D eigenvalue weighted by Gasteiger charge is 2.15. The van der Waals surface area contributed by atoms with Crippen molar-refractivity contribution in [1.29, 1.82) is 0 Å². The van der Waals surface area contributed by atoms with E-state index >= 15 is 0 Å². The normalized spacial score (nSPS) is 10.0. The number of hydrogen-bond donors (Lipinski definition) is 0. The zero-order chi connectivity index (χ0) is 12.3. The Bertz CT molecular complexity index is 543. The first-order chi connectivity index (χ1) is 8.22. The minimum Gasteiger partial charge on any atom is -0.496 e. The Labute approximate surface area is 103 Å². The quantitative estimate of drug-likeness (QED) is 0.783. The number of aromatic nitrogens is 2. The second-order valence-electron chi connectivity index (χ2n) is 3.26. The van der Waals surface area contributed by atoms with Gasteiger partial charge < -0.3 is 4.74 Å². The number of halogens is 1. The van der Waals surface area contributed by atoms with Crippen LogP contribution in [0.5, 0.6) is 5.75 Å². The van der Waals surface area contributed by atoms with Crippen LogP contribution in [-0.2, 0) is 0 Å². The Kier molecular flexibility index (Phi) is 3.35. The van der Waals surface area contributed by atoms with Crippen LogP contribution in [-0.4, -0.2) is 22.9 Å². The fourth-order valence-corrected chi connectivity index (χ4v) is 1.57. The number of ether oxygens (including phenoxy) is 1. The van der Waals surface area contributed by atoms with Gasteiger partial charge in [-0.15, -0.1) is 0 Å². The molecule has 0 saturated heterocycles. The SMILES string of the molecule is COc1cc(Cl)ccc1C(=O)c1cnccn1. The molecule has 0 radical (unpaired) electrons. The summed E-state index contributed by atoms with van der Waals surface area (Å²) >= 11 is 5.83. The Balaban J connectivity index is 2.44. The minimum absolute atomic E-state index is 0.244. The molecule has 0 unspecified atom stereocenters. The third-order valence-electron chi connectivity index (χ3n) is 2.20. The molecule has 1 heterocycles. The van der Waals surface area contributed by atoms with Crippen molar-refractivity contribution in [2.75, 3.05) is 7.11 Å². The van der Waals surface area contributed by atoms with Crippen LogP contribution in [0, 0.1) is 0 Å². The second-order valence-corrected chi connectivity index (χ2v) is 3.70. The van der Waals surface area contributed by atoms with Crippen molar-refractivity contribution < 1.29 is 9.53 Å². The van der Waals surface area contributed by atoms with Gasteiger partial charge in [0.05, 0.1) is 18.9 Å². The molecule has 0 N–H and O–H groups in total. The monoisotopic (exact) mass is 248 g/mol. The third kappa shape index (κ3) is 2.42. The maximum absolute atomic E-state index is 12.1. The zero-order valence-electron chi connectivity index (χ0n) is 9.05. The molecule has 0 aliphatic heterocycles. The summed E-state index contributed by atoms with van der Waals surface area (Å²) in [5, 5.41) is 0.512. The second kappa shape index (κ2) is 4.93. The number of nitrogens with zero attached hydrogens (tertiary/aromatic N) is 2. The smallest absolute Gasteiger partial charge is 0.216 e.